The Balaban J connectivity index is 2.49. The Labute approximate surface area is 97.0 Å². The summed E-state index contributed by atoms with van der Waals surface area (Å²) in [5.74, 6) is 0.293. The van der Waals surface area contributed by atoms with E-state index < -0.39 is 0 Å². The van der Waals surface area contributed by atoms with E-state index in [4.69, 9.17) is 9.47 Å². The number of ether oxygens (including phenoxy) is 2. The maximum absolute atomic E-state index is 9.18. The second-order valence-electron chi connectivity index (χ2n) is 3.61. The number of benzene rings is 1. The normalized spacial score (nSPS) is 12.6. The van der Waals surface area contributed by atoms with Crippen LogP contribution in [0.2, 0.25) is 0 Å². The number of hydrogen-bond acceptors (Lipinski definition) is 3. The van der Waals surface area contributed by atoms with Crippen molar-refractivity contribution in [1.82, 2.24) is 0 Å². The maximum atomic E-state index is 9.18. The summed E-state index contributed by atoms with van der Waals surface area (Å²) in [7, 11) is 0. The third-order valence-electron chi connectivity index (χ3n) is 2.31. The van der Waals surface area contributed by atoms with Crippen LogP contribution in [0, 0.1) is 0 Å². The van der Waals surface area contributed by atoms with E-state index in [1.807, 2.05) is 26.0 Å². The lowest BCUT2D eigenvalue weighted by molar-refractivity contribution is -0.00769. The quantitative estimate of drug-likeness (QED) is 0.772. The van der Waals surface area contributed by atoms with Crippen molar-refractivity contribution in [2.75, 3.05) is 19.8 Å². The molecular formula is C13H20O3. The van der Waals surface area contributed by atoms with Crippen molar-refractivity contribution >= 4 is 0 Å². The highest BCUT2D eigenvalue weighted by atomic mass is 16.5. The van der Waals surface area contributed by atoms with Crippen LogP contribution in [-0.4, -0.2) is 31.0 Å². The highest BCUT2D eigenvalue weighted by Crippen LogP contribution is 2.12. The van der Waals surface area contributed by atoms with E-state index in [1.165, 1.54) is 0 Å². The summed E-state index contributed by atoms with van der Waals surface area (Å²) in [5.41, 5.74) is 1.15. The summed E-state index contributed by atoms with van der Waals surface area (Å²) in [6.07, 6.45) is 0.906. The van der Waals surface area contributed by atoms with Gasteiger partial charge in [-0.1, -0.05) is 12.1 Å². The largest absolute Gasteiger partial charge is 0.508 e. The number of phenolic OH excluding ortho intramolecular Hbond substituents is 1. The molecule has 1 atom stereocenters. The van der Waals surface area contributed by atoms with Crippen LogP contribution in [0.15, 0.2) is 24.3 Å². The molecule has 0 bridgehead atoms. The summed E-state index contributed by atoms with van der Waals surface area (Å²) in [6, 6.07) is 7.21. The molecule has 90 valence electrons. The molecule has 0 saturated heterocycles. The van der Waals surface area contributed by atoms with Gasteiger partial charge in [0.25, 0.3) is 0 Å². The highest BCUT2D eigenvalue weighted by Gasteiger charge is 2.09. The molecule has 0 aliphatic rings. The average Bonchev–Trinajstić information content (AvgIpc) is 2.29. The summed E-state index contributed by atoms with van der Waals surface area (Å²) < 4.78 is 11.0. The molecule has 1 N–H and O–H groups in total. The van der Waals surface area contributed by atoms with Crippen LogP contribution in [0.4, 0.5) is 0 Å². The Hall–Kier alpha value is -1.06. The molecule has 0 aliphatic carbocycles. The Morgan fingerprint density at radius 3 is 2.38 bits per heavy atom. The average molecular weight is 224 g/mol. The standard InChI is InChI=1S/C13H20O3/c1-3-15-10-13(16-4-2)9-11-5-7-12(14)8-6-11/h5-8,13-14H,3-4,9-10H2,1-2H3. The first-order chi connectivity index (χ1) is 7.76. The van der Waals surface area contributed by atoms with E-state index in [-0.39, 0.29) is 6.10 Å². The van der Waals surface area contributed by atoms with Gasteiger partial charge in [-0.15, -0.1) is 0 Å². The minimum atomic E-state index is 0.0921. The fourth-order valence-corrected chi connectivity index (χ4v) is 1.55. The Kier molecular flexibility index (Phi) is 5.90. The van der Waals surface area contributed by atoms with Crippen molar-refractivity contribution < 1.29 is 14.6 Å². The van der Waals surface area contributed by atoms with Gasteiger partial charge in [-0.3, -0.25) is 0 Å². The Bertz CT molecular complexity index is 282. The second kappa shape index (κ2) is 7.25. The fourth-order valence-electron chi connectivity index (χ4n) is 1.55. The molecule has 1 aromatic carbocycles. The van der Waals surface area contributed by atoms with E-state index >= 15 is 0 Å². The smallest absolute Gasteiger partial charge is 0.115 e. The summed E-state index contributed by atoms with van der Waals surface area (Å²) in [4.78, 5) is 0. The van der Waals surface area contributed by atoms with E-state index in [2.05, 4.69) is 0 Å². The van der Waals surface area contributed by atoms with Gasteiger partial charge in [0.15, 0.2) is 0 Å². The van der Waals surface area contributed by atoms with Gasteiger partial charge in [-0.25, -0.2) is 0 Å². The maximum Gasteiger partial charge on any atom is 0.115 e. The first-order valence-electron chi connectivity index (χ1n) is 5.73. The van der Waals surface area contributed by atoms with Crippen LogP contribution >= 0.6 is 0 Å². The van der Waals surface area contributed by atoms with Crippen LogP contribution in [0.3, 0.4) is 0 Å². The molecule has 1 rings (SSSR count). The Morgan fingerprint density at radius 1 is 1.12 bits per heavy atom. The molecule has 0 fully saturated rings. The van der Waals surface area contributed by atoms with Gasteiger partial charge in [-0.2, -0.15) is 0 Å². The number of phenols is 1. The lowest BCUT2D eigenvalue weighted by Gasteiger charge is -2.16. The molecule has 0 saturated carbocycles. The molecule has 0 radical (unpaired) electrons. The molecular weight excluding hydrogens is 204 g/mol. The minimum absolute atomic E-state index is 0.0921. The van der Waals surface area contributed by atoms with Gasteiger partial charge in [-0.05, 0) is 31.5 Å². The van der Waals surface area contributed by atoms with Crippen LogP contribution in [-0.2, 0) is 15.9 Å². The zero-order chi connectivity index (χ0) is 11.8. The minimum Gasteiger partial charge on any atom is -0.508 e. The topological polar surface area (TPSA) is 38.7 Å². The monoisotopic (exact) mass is 224 g/mol. The van der Waals surface area contributed by atoms with Crippen LogP contribution in [0.1, 0.15) is 19.4 Å². The lowest BCUT2D eigenvalue weighted by Crippen LogP contribution is -2.22. The van der Waals surface area contributed by atoms with Crippen molar-refractivity contribution in [2.24, 2.45) is 0 Å². The molecule has 3 nitrogen and oxygen atoms in total. The molecule has 0 aliphatic heterocycles. The van der Waals surface area contributed by atoms with Crippen LogP contribution in [0.25, 0.3) is 0 Å². The molecule has 0 aromatic heterocycles. The zero-order valence-electron chi connectivity index (χ0n) is 9.98. The van der Waals surface area contributed by atoms with E-state index in [0.29, 0.717) is 25.6 Å². The van der Waals surface area contributed by atoms with Gasteiger partial charge >= 0.3 is 0 Å². The highest BCUT2D eigenvalue weighted by molar-refractivity contribution is 5.26. The first-order valence-corrected chi connectivity index (χ1v) is 5.73. The number of hydrogen-bond donors (Lipinski definition) is 1. The molecule has 0 amide bonds. The second-order valence-corrected chi connectivity index (χ2v) is 3.61. The van der Waals surface area contributed by atoms with Crippen LogP contribution in [0.5, 0.6) is 5.75 Å². The lowest BCUT2D eigenvalue weighted by atomic mass is 10.1. The van der Waals surface area contributed by atoms with Gasteiger partial charge in [0.05, 0.1) is 12.7 Å². The predicted molar refractivity (Wildman–Crippen MR) is 63.7 cm³/mol. The molecule has 3 heteroatoms. The third-order valence-corrected chi connectivity index (χ3v) is 2.31. The summed E-state index contributed by atoms with van der Waals surface area (Å²) in [5, 5.41) is 9.18. The molecule has 1 aromatic rings. The first kappa shape index (κ1) is 13.0. The number of rotatable bonds is 7. The Morgan fingerprint density at radius 2 is 1.81 bits per heavy atom. The summed E-state index contributed by atoms with van der Waals surface area (Å²) in [6.45, 7) is 5.97. The van der Waals surface area contributed by atoms with Crippen molar-refractivity contribution in [2.45, 2.75) is 26.4 Å². The van der Waals surface area contributed by atoms with Gasteiger partial charge < -0.3 is 14.6 Å². The fraction of sp³-hybridized carbons (Fsp3) is 0.538. The van der Waals surface area contributed by atoms with Gasteiger partial charge in [0.2, 0.25) is 0 Å². The van der Waals surface area contributed by atoms with Gasteiger partial charge in [0.1, 0.15) is 5.75 Å². The molecule has 0 heterocycles. The number of aromatic hydroxyl groups is 1. The molecule has 16 heavy (non-hydrogen) atoms. The van der Waals surface area contributed by atoms with Crippen molar-refractivity contribution in [3.05, 3.63) is 29.8 Å². The predicted octanol–water partition coefficient (Wildman–Crippen LogP) is 2.38. The van der Waals surface area contributed by atoms with E-state index in [1.54, 1.807) is 12.1 Å². The van der Waals surface area contributed by atoms with E-state index in [9.17, 15) is 5.11 Å². The van der Waals surface area contributed by atoms with E-state index in [0.717, 1.165) is 12.0 Å². The SMILES string of the molecule is CCOCC(Cc1ccc(O)cc1)OCC. The summed E-state index contributed by atoms with van der Waals surface area (Å²) >= 11 is 0. The zero-order valence-corrected chi connectivity index (χ0v) is 9.98. The third kappa shape index (κ3) is 4.64. The van der Waals surface area contributed by atoms with Crippen LogP contribution < -0.4 is 0 Å². The van der Waals surface area contributed by atoms with Crippen molar-refractivity contribution in [1.29, 1.82) is 0 Å². The van der Waals surface area contributed by atoms with Gasteiger partial charge in [0, 0.05) is 19.6 Å². The molecule has 0 spiro atoms. The van der Waals surface area contributed by atoms with Crippen molar-refractivity contribution in [3.63, 3.8) is 0 Å². The van der Waals surface area contributed by atoms with Crippen molar-refractivity contribution in [3.8, 4) is 5.75 Å². The molecule has 1 unspecified atom stereocenters.